The van der Waals surface area contributed by atoms with E-state index < -0.39 is 47.7 Å². The summed E-state index contributed by atoms with van der Waals surface area (Å²) < 4.78 is 23.1. The van der Waals surface area contributed by atoms with Gasteiger partial charge in [0.1, 0.15) is 34.9 Å². The fourth-order valence-electron chi connectivity index (χ4n) is 2.78. The molecule has 4 atom stereocenters. The van der Waals surface area contributed by atoms with Gasteiger partial charge in [-0.3, -0.25) is 0 Å². The summed E-state index contributed by atoms with van der Waals surface area (Å²) in [6.07, 6.45) is -2.49. The second-order valence-corrected chi connectivity index (χ2v) is 11.2. The zero-order valence-electron chi connectivity index (χ0n) is 21.7. The lowest BCUT2D eigenvalue weighted by atomic mass is 10.2. The summed E-state index contributed by atoms with van der Waals surface area (Å²) in [5.41, 5.74) is -1.34. The maximum atomic E-state index is 12.1. The van der Waals surface area contributed by atoms with Crippen molar-refractivity contribution < 1.29 is 38.7 Å². The highest BCUT2D eigenvalue weighted by Crippen LogP contribution is 2.32. The molecule has 0 unspecified atom stereocenters. The zero-order chi connectivity index (χ0) is 27.0. The summed E-state index contributed by atoms with van der Waals surface area (Å²) in [6.45, 7) is 13.2. The van der Waals surface area contributed by atoms with Crippen LogP contribution in [0.5, 0.6) is 11.5 Å². The molecular formula is C24H39IN2O8. The minimum Gasteiger partial charge on any atom is -0.487 e. The second-order valence-electron chi connectivity index (χ2n) is 10.1. The van der Waals surface area contributed by atoms with E-state index in [2.05, 4.69) is 33.2 Å². The van der Waals surface area contributed by atoms with Crippen LogP contribution in [0, 0.1) is 3.57 Å². The number of alkyl carbamates (subject to hydrolysis) is 2. The number of amides is 2. The molecule has 2 amide bonds. The Bertz CT molecular complexity index is 774. The van der Waals surface area contributed by atoms with E-state index in [4.69, 9.17) is 18.9 Å². The molecule has 1 aromatic carbocycles. The number of carbonyl (C=O) groups is 2. The average Bonchev–Trinajstić information content (AvgIpc) is 2.70. The van der Waals surface area contributed by atoms with Gasteiger partial charge in [-0.15, -0.1) is 0 Å². The Hall–Kier alpha value is -1.99. The molecule has 1 aromatic rings. The van der Waals surface area contributed by atoms with Gasteiger partial charge in [-0.25, -0.2) is 9.59 Å². The van der Waals surface area contributed by atoms with Crippen LogP contribution in [0.2, 0.25) is 0 Å². The first-order chi connectivity index (χ1) is 16.1. The molecule has 0 aliphatic carbocycles. The number of carbonyl (C=O) groups excluding carboxylic acids is 2. The van der Waals surface area contributed by atoms with Crippen molar-refractivity contribution in [1.29, 1.82) is 0 Å². The largest absolute Gasteiger partial charge is 0.487 e. The van der Waals surface area contributed by atoms with Crippen LogP contribution in [0.15, 0.2) is 18.2 Å². The smallest absolute Gasteiger partial charge is 0.408 e. The van der Waals surface area contributed by atoms with E-state index in [1.54, 1.807) is 73.6 Å². The van der Waals surface area contributed by atoms with E-state index in [-0.39, 0.29) is 13.2 Å². The number of hydrogen-bond donors (Lipinski definition) is 4. The van der Waals surface area contributed by atoms with Gasteiger partial charge in [0.25, 0.3) is 0 Å². The van der Waals surface area contributed by atoms with Gasteiger partial charge in [0, 0.05) is 0 Å². The Morgan fingerprint density at radius 3 is 1.46 bits per heavy atom. The number of ether oxygens (including phenoxy) is 4. The molecule has 0 bridgehead atoms. The summed E-state index contributed by atoms with van der Waals surface area (Å²) in [6, 6.07) is 3.79. The maximum absolute atomic E-state index is 12.1. The first kappa shape index (κ1) is 31.0. The number of hydrogen-bond acceptors (Lipinski definition) is 8. The minimum atomic E-state index is -0.707. The number of rotatable bonds is 10. The molecule has 11 heteroatoms. The third kappa shape index (κ3) is 11.5. The van der Waals surface area contributed by atoms with Gasteiger partial charge in [-0.05, 0) is 90.1 Å². The third-order valence-corrected chi connectivity index (χ3v) is 5.55. The van der Waals surface area contributed by atoms with Crippen LogP contribution in [0.25, 0.3) is 0 Å². The highest BCUT2D eigenvalue weighted by atomic mass is 127. The number of aliphatic hydroxyl groups excluding tert-OH is 2. The van der Waals surface area contributed by atoms with Crippen molar-refractivity contribution in [3.8, 4) is 11.5 Å². The molecule has 0 spiro atoms. The summed E-state index contributed by atoms with van der Waals surface area (Å²) in [5.74, 6) is 0.959. The van der Waals surface area contributed by atoms with Gasteiger partial charge in [-0.1, -0.05) is 6.07 Å². The van der Waals surface area contributed by atoms with Crippen molar-refractivity contribution in [1.82, 2.24) is 10.6 Å². The normalized spacial score (nSPS) is 15.3. The van der Waals surface area contributed by atoms with Crippen LogP contribution >= 0.6 is 22.6 Å². The Labute approximate surface area is 221 Å². The number of aliphatic hydroxyl groups is 2. The van der Waals surface area contributed by atoms with Gasteiger partial charge < -0.3 is 39.8 Å². The van der Waals surface area contributed by atoms with Gasteiger partial charge in [0.2, 0.25) is 0 Å². The predicted octanol–water partition coefficient (Wildman–Crippen LogP) is 3.60. The second kappa shape index (κ2) is 13.4. The fraction of sp³-hybridized carbons (Fsp3) is 0.667. The van der Waals surface area contributed by atoms with Gasteiger partial charge >= 0.3 is 12.2 Å². The molecular weight excluding hydrogens is 571 g/mol. The molecule has 200 valence electrons. The molecule has 1 rings (SSSR count). The standard InChI is InChI=1S/C24H39IN2O8/c1-14(16(12-28)26-21(30)34-23(3,4)5)32-18-10-9-11-19(20(18)25)33-15(2)17(13-29)27-22(31)35-24(6,7)8/h9-11,14-17,28-29H,12-13H2,1-8H3,(H,26,30)(H,27,31)/t14-,15-,16+,17+/m1/s1. The van der Waals surface area contributed by atoms with Crippen molar-refractivity contribution in [3.63, 3.8) is 0 Å². The molecule has 4 N–H and O–H groups in total. The van der Waals surface area contributed by atoms with Gasteiger partial charge in [0.05, 0.1) is 28.9 Å². The molecule has 0 saturated heterocycles. The SMILES string of the molecule is C[C@@H](Oc1cccc(O[C@H](C)[C@H](CO)NC(=O)OC(C)(C)C)c1I)[C@H](CO)NC(=O)OC(C)(C)C. The highest BCUT2D eigenvalue weighted by molar-refractivity contribution is 14.1. The lowest BCUT2D eigenvalue weighted by molar-refractivity contribution is 0.0402. The number of benzene rings is 1. The summed E-state index contributed by atoms with van der Waals surface area (Å²) >= 11 is 2.07. The van der Waals surface area contributed by atoms with Crippen molar-refractivity contribution in [2.45, 2.75) is 90.9 Å². The van der Waals surface area contributed by atoms with E-state index in [0.29, 0.717) is 15.1 Å². The van der Waals surface area contributed by atoms with Crippen LogP contribution in [0.1, 0.15) is 55.4 Å². The monoisotopic (exact) mass is 610 g/mol. The van der Waals surface area contributed by atoms with E-state index in [9.17, 15) is 19.8 Å². The average molecular weight is 610 g/mol. The quantitative estimate of drug-likeness (QED) is 0.296. The van der Waals surface area contributed by atoms with Crippen molar-refractivity contribution in [3.05, 3.63) is 21.8 Å². The molecule has 0 radical (unpaired) electrons. The molecule has 10 nitrogen and oxygen atoms in total. The van der Waals surface area contributed by atoms with E-state index in [1.165, 1.54) is 0 Å². The topological polar surface area (TPSA) is 136 Å². The lowest BCUT2D eigenvalue weighted by Crippen LogP contribution is -2.48. The van der Waals surface area contributed by atoms with E-state index in [0.717, 1.165) is 0 Å². The first-order valence-corrected chi connectivity index (χ1v) is 12.5. The Balaban J connectivity index is 2.87. The van der Waals surface area contributed by atoms with Crippen LogP contribution in [-0.4, -0.2) is 71.1 Å². The van der Waals surface area contributed by atoms with Crippen LogP contribution in [0.3, 0.4) is 0 Å². The molecule has 0 fully saturated rings. The van der Waals surface area contributed by atoms with Crippen LogP contribution < -0.4 is 20.1 Å². The molecule has 35 heavy (non-hydrogen) atoms. The highest BCUT2D eigenvalue weighted by Gasteiger charge is 2.27. The maximum Gasteiger partial charge on any atom is 0.408 e. The van der Waals surface area contributed by atoms with Crippen molar-refractivity contribution >= 4 is 34.8 Å². The van der Waals surface area contributed by atoms with Crippen molar-refractivity contribution in [2.24, 2.45) is 0 Å². The Kier molecular flexibility index (Phi) is 11.8. The molecule has 0 aromatic heterocycles. The van der Waals surface area contributed by atoms with Gasteiger partial charge in [-0.2, -0.15) is 0 Å². The van der Waals surface area contributed by atoms with Crippen LogP contribution in [-0.2, 0) is 9.47 Å². The van der Waals surface area contributed by atoms with Gasteiger partial charge in [0.15, 0.2) is 0 Å². The summed E-state index contributed by atoms with van der Waals surface area (Å²) in [7, 11) is 0. The lowest BCUT2D eigenvalue weighted by Gasteiger charge is -2.28. The summed E-state index contributed by atoms with van der Waals surface area (Å²) in [5, 5.41) is 24.7. The third-order valence-electron chi connectivity index (χ3n) is 4.48. The molecule has 0 aliphatic heterocycles. The van der Waals surface area contributed by atoms with Crippen LogP contribution in [0.4, 0.5) is 9.59 Å². The summed E-state index contributed by atoms with van der Waals surface area (Å²) in [4.78, 5) is 24.2. The first-order valence-electron chi connectivity index (χ1n) is 11.4. The number of nitrogens with one attached hydrogen (secondary N) is 2. The van der Waals surface area contributed by atoms with E-state index >= 15 is 0 Å². The predicted molar refractivity (Wildman–Crippen MR) is 140 cm³/mol. The minimum absolute atomic E-state index is 0.348. The zero-order valence-corrected chi connectivity index (χ0v) is 23.8. The Morgan fingerprint density at radius 2 is 1.17 bits per heavy atom. The fourth-order valence-corrected chi connectivity index (χ4v) is 3.39. The number of halogens is 1. The van der Waals surface area contributed by atoms with Crippen molar-refractivity contribution in [2.75, 3.05) is 13.2 Å². The molecule has 0 heterocycles. The molecule has 0 saturated carbocycles. The molecule has 0 aliphatic rings. The van der Waals surface area contributed by atoms with E-state index in [1.807, 2.05) is 0 Å². The Morgan fingerprint density at radius 1 is 0.829 bits per heavy atom.